The molecule has 2 aromatic rings. The van der Waals surface area contributed by atoms with Crippen LogP contribution < -0.4 is 5.32 Å². The van der Waals surface area contributed by atoms with Gasteiger partial charge >= 0.3 is 0 Å². The van der Waals surface area contributed by atoms with Gasteiger partial charge in [-0.05, 0) is 40.3 Å². The number of pyridine rings is 1. The number of likely N-dealkylation sites (N-methyl/N-ethyl adjacent to an activating group) is 1. The quantitative estimate of drug-likeness (QED) is 0.907. The molecule has 0 aliphatic carbocycles. The second kappa shape index (κ2) is 5.33. The Bertz CT molecular complexity index is 480. The fraction of sp³-hybridized carbons (Fsp3) is 0.400. The van der Waals surface area contributed by atoms with Crippen LogP contribution in [0.5, 0.6) is 0 Å². The average Bonchev–Trinajstić information content (AvgIpc) is 2.73. The summed E-state index contributed by atoms with van der Waals surface area (Å²) in [7, 11) is 3.65. The summed E-state index contributed by atoms with van der Waals surface area (Å²) in [6, 6.07) is 4.03. The summed E-state index contributed by atoms with van der Waals surface area (Å²) in [6.45, 7) is 0. The SMILES string of the molecule is CNC(Cc1nnn(C)n1)c1ccc(Br)cn1. The van der Waals surface area contributed by atoms with E-state index in [9.17, 15) is 0 Å². The maximum Gasteiger partial charge on any atom is 0.176 e. The van der Waals surface area contributed by atoms with Crippen molar-refractivity contribution in [3.63, 3.8) is 0 Å². The molecule has 0 saturated heterocycles. The molecule has 17 heavy (non-hydrogen) atoms. The predicted molar refractivity (Wildman–Crippen MR) is 66.2 cm³/mol. The van der Waals surface area contributed by atoms with Crippen molar-refractivity contribution >= 4 is 15.9 Å². The smallest absolute Gasteiger partial charge is 0.176 e. The lowest BCUT2D eigenvalue weighted by atomic mass is 10.1. The van der Waals surface area contributed by atoms with Gasteiger partial charge in [0.1, 0.15) is 0 Å². The molecule has 1 unspecified atom stereocenters. The van der Waals surface area contributed by atoms with Gasteiger partial charge in [-0.1, -0.05) is 0 Å². The number of aromatic nitrogens is 5. The molecule has 0 amide bonds. The molecule has 2 aromatic heterocycles. The van der Waals surface area contributed by atoms with Crippen molar-refractivity contribution in [3.8, 4) is 0 Å². The normalized spacial score (nSPS) is 12.6. The summed E-state index contributed by atoms with van der Waals surface area (Å²) in [5.74, 6) is 0.705. The highest BCUT2D eigenvalue weighted by Gasteiger charge is 2.14. The molecule has 0 fully saturated rings. The average molecular weight is 297 g/mol. The van der Waals surface area contributed by atoms with Crippen LogP contribution in [0.3, 0.4) is 0 Å². The Balaban J connectivity index is 2.13. The third-order valence-electron chi connectivity index (χ3n) is 2.39. The number of hydrogen-bond acceptors (Lipinski definition) is 5. The Morgan fingerprint density at radius 2 is 2.29 bits per heavy atom. The van der Waals surface area contributed by atoms with Gasteiger partial charge in [0, 0.05) is 17.1 Å². The standard InChI is InChI=1S/C10H13BrN6/c1-12-9(5-10-14-16-17(2)15-10)8-4-3-7(11)6-13-8/h3-4,6,9,12H,5H2,1-2H3. The molecular weight excluding hydrogens is 284 g/mol. The van der Waals surface area contributed by atoms with E-state index in [-0.39, 0.29) is 6.04 Å². The zero-order valence-corrected chi connectivity index (χ0v) is 11.2. The molecule has 0 saturated carbocycles. The van der Waals surface area contributed by atoms with E-state index in [0.29, 0.717) is 12.2 Å². The second-order valence-electron chi connectivity index (χ2n) is 3.64. The molecule has 0 aliphatic rings. The molecule has 7 heteroatoms. The van der Waals surface area contributed by atoms with E-state index in [0.717, 1.165) is 10.2 Å². The van der Waals surface area contributed by atoms with E-state index in [1.807, 2.05) is 19.2 Å². The number of nitrogens with zero attached hydrogens (tertiary/aromatic N) is 5. The van der Waals surface area contributed by atoms with Crippen LogP contribution in [-0.4, -0.2) is 32.2 Å². The molecule has 0 aromatic carbocycles. The molecule has 1 atom stereocenters. The van der Waals surface area contributed by atoms with E-state index in [1.165, 1.54) is 4.80 Å². The molecule has 2 rings (SSSR count). The topological polar surface area (TPSA) is 68.5 Å². The van der Waals surface area contributed by atoms with Gasteiger partial charge in [-0.15, -0.1) is 10.2 Å². The lowest BCUT2D eigenvalue weighted by Crippen LogP contribution is -2.20. The Labute approximate surface area is 108 Å². The van der Waals surface area contributed by atoms with Crippen molar-refractivity contribution < 1.29 is 0 Å². The Hall–Kier alpha value is -1.34. The van der Waals surface area contributed by atoms with E-state index >= 15 is 0 Å². The van der Waals surface area contributed by atoms with Gasteiger partial charge < -0.3 is 5.32 Å². The zero-order valence-electron chi connectivity index (χ0n) is 9.63. The highest BCUT2D eigenvalue weighted by Crippen LogP contribution is 2.16. The number of aryl methyl sites for hydroxylation is 1. The highest BCUT2D eigenvalue weighted by molar-refractivity contribution is 9.10. The minimum Gasteiger partial charge on any atom is -0.311 e. The van der Waals surface area contributed by atoms with Crippen LogP contribution >= 0.6 is 15.9 Å². The van der Waals surface area contributed by atoms with Gasteiger partial charge in [0.05, 0.1) is 18.8 Å². The van der Waals surface area contributed by atoms with Crippen molar-refractivity contribution in [2.75, 3.05) is 7.05 Å². The molecule has 0 radical (unpaired) electrons. The number of halogens is 1. The van der Waals surface area contributed by atoms with Crippen LogP contribution in [0.1, 0.15) is 17.6 Å². The maximum absolute atomic E-state index is 4.36. The molecular formula is C10H13BrN6. The Kier molecular flexibility index (Phi) is 3.80. The highest BCUT2D eigenvalue weighted by atomic mass is 79.9. The molecule has 2 heterocycles. The molecule has 1 N–H and O–H groups in total. The lowest BCUT2D eigenvalue weighted by molar-refractivity contribution is 0.556. The maximum atomic E-state index is 4.36. The summed E-state index contributed by atoms with van der Waals surface area (Å²) < 4.78 is 0.966. The summed E-state index contributed by atoms with van der Waals surface area (Å²) >= 11 is 3.37. The van der Waals surface area contributed by atoms with Crippen LogP contribution in [-0.2, 0) is 13.5 Å². The first kappa shape index (κ1) is 12.1. The van der Waals surface area contributed by atoms with Gasteiger partial charge in [-0.3, -0.25) is 4.98 Å². The Morgan fingerprint density at radius 3 is 2.82 bits per heavy atom. The van der Waals surface area contributed by atoms with Crippen LogP contribution in [0.2, 0.25) is 0 Å². The first-order chi connectivity index (χ1) is 8.19. The van der Waals surface area contributed by atoms with Gasteiger partial charge in [-0.2, -0.15) is 4.80 Å². The number of nitrogens with one attached hydrogen (secondary N) is 1. The lowest BCUT2D eigenvalue weighted by Gasteiger charge is -2.13. The summed E-state index contributed by atoms with van der Waals surface area (Å²) in [5.41, 5.74) is 0.961. The Morgan fingerprint density at radius 1 is 1.47 bits per heavy atom. The number of tetrazole rings is 1. The van der Waals surface area contributed by atoms with Crippen molar-refractivity contribution in [3.05, 3.63) is 34.3 Å². The van der Waals surface area contributed by atoms with Gasteiger partial charge in [0.2, 0.25) is 0 Å². The van der Waals surface area contributed by atoms with E-state index < -0.39 is 0 Å². The predicted octanol–water partition coefficient (Wildman–Crippen LogP) is 0.871. The summed E-state index contributed by atoms with van der Waals surface area (Å²) in [5, 5.41) is 15.1. The molecule has 0 aliphatic heterocycles. The summed E-state index contributed by atoms with van der Waals surface area (Å²) in [4.78, 5) is 5.82. The third-order valence-corrected chi connectivity index (χ3v) is 2.86. The van der Waals surface area contributed by atoms with Crippen LogP contribution in [0.4, 0.5) is 0 Å². The zero-order chi connectivity index (χ0) is 12.3. The van der Waals surface area contributed by atoms with E-state index in [4.69, 9.17) is 0 Å². The second-order valence-corrected chi connectivity index (χ2v) is 4.56. The van der Waals surface area contributed by atoms with Gasteiger partial charge in [0.15, 0.2) is 5.82 Å². The van der Waals surface area contributed by atoms with Crippen LogP contribution in [0, 0.1) is 0 Å². The van der Waals surface area contributed by atoms with E-state index in [1.54, 1.807) is 13.2 Å². The van der Waals surface area contributed by atoms with Crippen LogP contribution in [0.15, 0.2) is 22.8 Å². The number of hydrogen-bond donors (Lipinski definition) is 1. The van der Waals surface area contributed by atoms with Crippen molar-refractivity contribution in [1.29, 1.82) is 0 Å². The molecule has 0 bridgehead atoms. The fourth-order valence-electron chi connectivity index (χ4n) is 1.54. The fourth-order valence-corrected chi connectivity index (χ4v) is 1.77. The number of rotatable bonds is 4. The largest absolute Gasteiger partial charge is 0.311 e. The van der Waals surface area contributed by atoms with Crippen LogP contribution in [0.25, 0.3) is 0 Å². The van der Waals surface area contributed by atoms with E-state index in [2.05, 4.69) is 41.6 Å². The summed E-state index contributed by atoms with van der Waals surface area (Å²) in [6.07, 6.45) is 2.45. The molecule has 0 spiro atoms. The van der Waals surface area contributed by atoms with Crippen molar-refractivity contribution in [1.82, 2.24) is 30.5 Å². The first-order valence-electron chi connectivity index (χ1n) is 5.20. The third kappa shape index (κ3) is 3.07. The minimum absolute atomic E-state index is 0.0901. The molecule has 6 nitrogen and oxygen atoms in total. The van der Waals surface area contributed by atoms with Crippen molar-refractivity contribution in [2.45, 2.75) is 12.5 Å². The monoisotopic (exact) mass is 296 g/mol. The molecule has 90 valence electrons. The van der Waals surface area contributed by atoms with Gasteiger partial charge in [0.25, 0.3) is 0 Å². The first-order valence-corrected chi connectivity index (χ1v) is 6.00. The van der Waals surface area contributed by atoms with Crippen molar-refractivity contribution in [2.24, 2.45) is 7.05 Å². The minimum atomic E-state index is 0.0901. The van der Waals surface area contributed by atoms with Gasteiger partial charge in [-0.25, -0.2) is 0 Å².